The molecule has 0 radical (unpaired) electrons. The maximum Gasteiger partial charge on any atom is 0.370 e. The van der Waals surface area contributed by atoms with Gasteiger partial charge in [-0.2, -0.15) is 4.89 Å². The molecular formula is C14H26F6N6OP2. The van der Waals surface area contributed by atoms with E-state index < -0.39 is 15.8 Å². The van der Waals surface area contributed by atoms with Crippen LogP contribution in [0.1, 0.15) is 44.7 Å². The van der Waals surface area contributed by atoms with Crippen molar-refractivity contribution in [1.82, 2.24) is 29.0 Å². The van der Waals surface area contributed by atoms with Gasteiger partial charge in [0.05, 0.1) is 6.20 Å². The molecule has 1 aromatic heterocycles. The number of halogens is 6. The molecule has 3 saturated heterocycles. The van der Waals surface area contributed by atoms with Crippen molar-refractivity contribution >= 4 is 15.8 Å². The summed E-state index contributed by atoms with van der Waals surface area (Å²) in [5, 5.41) is 8.18. The van der Waals surface area contributed by atoms with Gasteiger partial charge in [0, 0.05) is 38.9 Å². The van der Waals surface area contributed by atoms with E-state index in [1.54, 1.807) is 6.20 Å². The third kappa shape index (κ3) is 6.45. The zero-order valence-corrected chi connectivity index (χ0v) is 17.6. The van der Waals surface area contributed by atoms with Gasteiger partial charge in [0.2, 0.25) is 0 Å². The number of aromatic nitrogens is 3. The molecule has 7 nitrogen and oxygen atoms in total. The van der Waals surface area contributed by atoms with Crippen LogP contribution in [0, 0.1) is 0 Å². The van der Waals surface area contributed by atoms with Crippen LogP contribution < -0.4 is 0 Å². The summed E-state index contributed by atoms with van der Waals surface area (Å²) in [6.45, 7) is 5.08. The van der Waals surface area contributed by atoms with Crippen LogP contribution in [-0.4, -0.2) is 66.6 Å². The maximum atomic E-state index is 11.9. The van der Waals surface area contributed by atoms with Crippen LogP contribution in [0.5, 0.6) is 0 Å². The molecule has 3 fully saturated rings. The first-order valence-electron chi connectivity index (χ1n) is 9.57. The number of rotatable bonds is 4. The van der Waals surface area contributed by atoms with Crippen molar-refractivity contribution in [2.24, 2.45) is 0 Å². The first kappa shape index (κ1) is 23.1. The molecule has 0 amide bonds. The fourth-order valence-electron chi connectivity index (χ4n) is 4.13. The normalized spacial score (nSPS) is 27.5. The molecule has 0 saturated carbocycles. The molecule has 0 aliphatic carbocycles. The molecule has 1 aromatic rings. The molecule has 4 heterocycles. The predicted octanol–water partition coefficient (Wildman–Crippen LogP) is 5.12. The third-order valence-electron chi connectivity index (χ3n) is 5.21. The van der Waals surface area contributed by atoms with Crippen molar-refractivity contribution in [3.8, 4) is 0 Å². The monoisotopic (exact) mass is 470 g/mol. The maximum absolute atomic E-state index is 11.9. The topological polar surface area (TPSA) is 60.7 Å². The van der Waals surface area contributed by atoms with Crippen LogP contribution in [-0.2, 0) is 0 Å². The molecule has 0 bridgehead atoms. The number of hydrogen-bond donors (Lipinski definition) is 1. The summed E-state index contributed by atoms with van der Waals surface area (Å²) in [7, 11) is -13.1. The molecule has 3 aliphatic rings. The third-order valence-corrected chi connectivity index (χ3v) is 8.68. The van der Waals surface area contributed by atoms with E-state index >= 15 is 0 Å². The Hall–Kier alpha value is -0.580. The Kier molecular flexibility index (Phi) is 5.99. The molecule has 1 atom stereocenters. The van der Waals surface area contributed by atoms with Gasteiger partial charge in [0.1, 0.15) is 6.17 Å². The van der Waals surface area contributed by atoms with Crippen LogP contribution in [0.15, 0.2) is 12.4 Å². The fraction of sp³-hybridized carbons (Fsp3) is 0.857. The van der Waals surface area contributed by atoms with Gasteiger partial charge in [-0.1, -0.05) is 9.88 Å². The van der Waals surface area contributed by atoms with Gasteiger partial charge in [0.15, 0.2) is 0 Å². The van der Waals surface area contributed by atoms with Crippen molar-refractivity contribution < 1.29 is 30.1 Å². The van der Waals surface area contributed by atoms with Crippen LogP contribution >= 0.6 is 15.8 Å². The Morgan fingerprint density at radius 3 is 1.72 bits per heavy atom. The molecule has 29 heavy (non-hydrogen) atoms. The smallest absolute Gasteiger partial charge is 0.232 e. The average molecular weight is 470 g/mol. The molecule has 15 heteroatoms. The Bertz CT molecular complexity index is 651. The summed E-state index contributed by atoms with van der Waals surface area (Å²) >= 11 is 0. The van der Waals surface area contributed by atoms with E-state index in [1.165, 1.54) is 25.7 Å². The standard InChI is InChI=1S/C14H26N6OP.F6P/c21-22(17-8-1-2-9-17,18-10-3-4-11-18)20-12-5-6-14(20)19-13-7-15-16-19;1-7(2,3,4,5)6/h7,13-14,21H,1-6,8-12H2;/q+1;-1. The second-order valence-corrected chi connectivity index (χ2v) is 12.1. The first-order valence-corrected chi connectivity index (χ1v) is 13.2. The van der Waals surface area contributed by atoms with Crippen LogP contribution in [0.3, 0.4) is 0 Å². The van der Waals surface area contributed by atoms with Crippen molar-refractivity contribution in [1.29, 1.82) is 0 Å². The fourth-order valence-corrected chi connectivity index (χ4v) is 7.77. The van der Waals surface area contributed by atoms with Crippen molar-refractivity contribution in [3.63, 3.8) is 0 Å². The van der Waals surface area contributed by atoms with E-state index in [4.69, 9.17) is 0 Å². The van der Waals surface area contributed by atoms with Crippen molar-refractivity contribution in [3.05, 3.63) is 12.4 Å². The molecule has 0 aromatic carbocycles. The van der Waals surface area contributed by atoms with Gasteiger partial charge in [0.25, 0.3) is 0 Å². The van der Waals surface area contributed by atoms with Crippen LogP contribution in [0.2, 0.25) is 0 Å². The van der Waals surface area contributed by atoms with Gasteiger partial charge < -0.3 is 0 Å². The second kappa shape index (κ2) is 7.53. The average Bonchev–Trinajstić information content (AvgIpc) is 3.42. The Labute approximate surface area is 165 Å². The predicted molar refractivity (Wildman–Crippen MR) is 99.3 cm³/mol. The largest absolute Gasteiger partial charge is 0.370 e. The minimum absolute atomic E-state index is 0.155. The summed E-state index contributed by atoms with van der Waals surface area (Å²) in [5.74, 6) is 0. The minimum atomic E-state index is -10.7. The van der Waals surface area contributed by atoms with Gasteiger partial charge in [-0.3, -0.25) is 0 Å². The van der Waals surface area contributed by atoms with Gasteiger partial charge in [-0.05, 0) is 38.5 Å². The molecule has 3 aliphatic heterocycles. The summed E-state index contributed by atoms with van der Waals surface area (Å²) in [5.41, 5.74) is 0. The number of hydrogen-bond acceptors (Lipinski definition) is 6. The quantitative estimate of drug-likeness (QED) is 0.487. The zero-order chi connectivity index (χ0) is 21.4. The molecule has 4 rings (SSSR count). The van der Waals surface area contributed by atoms with Gasteiger partial charge >= 0.3 is 40.9 Å². The van der Waals surface area contributed by atoms with E-state index in [0.29, 0.717) is 0 Å². The summed E-state index contributed by atoms with van der Waals surface area (Å²) in [6, 6.07) is 0. The van der Waals surface area contributed by atoms with Crippen LogP contribution in [0.4, 0.5) is 25.2 Å². The molecular weight excluding hydrogens is 444 g/mol. The molecule has 1 unspecified atom stereocenters. The summed E-state index contributed by atoms with van der Waals surface area (Å²) in [6.07, 6.45) is 10.8. The summed E-state index contributed by atoms with van der Waals surface area (Å²) in [4.78, 5) is 11.9. The van der Waals surface area contributed by atoms with E-state index in [-0.39, 0.29) is 6.17 Å². The minimum Gasteiger partial charge on any atom is -0.232 e. The van der Waals surface area contributed by atoms with Crippen molar-refractivity contribution in [2.45, 2.75) is 44.7 Å². The molecule has 0 spiro atoms. The summed E-state index contributed by atoms with van der Waals surface area (Å²) < 4.78 is 68.3. The molecule has 1 N–H and O–H groups in total. The Morgan fingerprint density at radius 2 is 1.31 bits per heavy atom. The SMILES string of the molecule is F[P-](F)(F)(F)(F)F.O[P+](N1CCCC1)(N1CCCC1)N1CCCC1n1ccnn1. The van der Waals surface area contributed by atoms with Gasteiger partial charge in [-0.15, -0.1) is 14.4 Å². The Balaban J connectivity index is 0.000000298. The van der Waals surface area contributed by atoms with E-state index in [1.807, 2.05) is 10.9 Å². The van der Waals surface area contributed by atoms with Gasteiger partial charge in [-0.25, -0.2) is 4.68 Å². The second-order valence-electron chi connectivity index (χ2n) is 7.49. The zero-order valence-electron chi connectivity index (χ0n) is 15.8. The Morgan fingerprint density at radius 1 is 0.828 bits per heavy atom. The van der Waals surface area contributed by atoms with Crippen LogP contribution in [0.25, 0.3) is 0 Å². The van der Waals surface area contributed by atoms with E-state index in [2.05, 4.69) is 24.3 Å². The number of nitrogens with zero attached hydrogens (tertiary/aromatic N) is 6. The van der Waals surface area contributed by atoms with E-state index in [9.17, 15) is 30.1 Å². The van der Waals surface area contributed by atoms with E-state index in [0.717, 1.165) is 45.6 Å². The van der Waals surface area contributed by atoms with Crippen molar-refractivity contribution in [2.75, 3.05) is 32.7 Å². The molecule has 170 valence electrons. The first-order chi connectivity index (χ1) is 13.2.